The van der Waals surface area contributed by atoms with Gasteiger partial charge >= 0.3 is 0 Å². The number of hydrogen-bond acceptors (Lipinski definition) is 3. The molecule has 1 aliphatic rings. The molecule has 0 saturated heterocycles. The van der Waals surface area contributed by atoms with Crippen LogP contribution in [-0.4, -0.2) is 19.8 Å². The third-order valence-electron chi connectivity index (χ3n) is 2.62. The molecule has 1 unspecified atom stereocenters. The molecule has 1 aromatic carbocycles. The summed E-state index contributed by atoms with van der Waals surface area (Å²) in [6.45, 7) is 0.122. The molecule has 1 atom stereocenters. The smallest absolute Gasteiger partial charge is 0.231 e. The molecule has 1 heterocycles. The van der Waals surface area contributed by atoms with Gasteiger partial charge in [0.1, 0.15) is 0 Å². The largest absolute Gasteiger partial charge is 0.454 e. The van der Waals surface area contributed by atoms with Crippen LogP contribution in [0.2, 0.25) is 0 Å². The first-order chi connectivity index (χ1) is 8.48. The molecule has 0 bridgehead atoms. The number of hydrogen-bond donors (Lipinski definition) is 1. The lowest BCUT2D eigenvalue weighted by Crippen LogP contribution is -2.26. The molecule has 0 radical (unpaired) electrons. The van der Waals surface area contributed by atoms with E-state index in [4.69, 9.17) is 13.6 Å². The summed E-state index contributed by atoms with van der Waals surface area (Å²) in [5.41, 5.74) is 1.04. The molecule has 0 saturated carbocycles. The summed E-state index contributed by atoms with van der Waals surface area (Å²) in [7, 11) is 0. The Morgan fingerprint density at radius 1 is 1.44 bits per heavy atom. The zero-order chi connectivity index (χ0) is 13.2. The van der Waals surface area contributed by atoms with Gasteiger partial charge in [-0.25, -0.2) is 0 Å². The molecule has 1 aromatic rings. The van der Waals surface area contributed by atoms with E-state index in [1.54, 1.807) is 0 Å². The van der Waals surface area contributed by atoms with Crippen LogP contribution in [0.1, 0.15) is 23.0 Å². The van der Waals surface area contributed by atoms with Crippen molar-refractivity contribution in [2.24, 2.45) is 0 Å². The Bertz CT molecular complexity index is 426. The van der Waals surface area contributed by atoms with Crippen LogP contribution < -0.4 is 14.8 Å². The number of likely N-dealkylation sites (N-methyl/N-ethyl adjacent to an activating group) is 1. The van der Waals surface area contributed by atoms with E-state index in [1.807, 2.05) is 25.1 Å². The SMILES string of the molecule is Cl.[2H]C([2H])([2H])NC(CC)Cc1ccc2c(c1)OCO2. The van der Waals surface area contributed by atoms with Gasteiger partial charge < -0.3 is 14.8 Å². The van der Waals surface area contributed by atoms with Crippen molar-refractivity contribution in [3.8, 4) is 11.5 Å². The van der Waals surface area contributed by atoms with E-state index >= 15 is 0 Å². The van der Waals surface area contributed by atoms with E-state index < -0.39 is 6.98 Å². The predicted octanol–water partition coefficient (Wildman–Crippen LogP) is 2.38. The molecule has 90 valence electrons. The summed E-state index contributed by atoms with van der Waals surface area (Å²) in [5, 5.41) is 2.65. The molecule has 2 rings (SSSR count). The first-order valence-corrected chi connectivity index (χ1v) is 5.14. The first kappa shape index (κ1) is 9.14. The second-order valence-corrected chi connectivity index (χ2v) is 3.64. The van der Waals surface area contributed by atoms with E-state index in [0.29, 0.717) is 6.42 Å². The molecule has 1 N–H and O–H groups in total. The third kappa shape index (κ3) is 2.80. The Morgan fingerprint density at radius 3 is 3.00 bits per heavy atom. The van der Waals surface area contributed by atoms with Crippen LogP contribution in [-0.2, 0) is 6.42 Å². The van der Waals surface area contributed by atoms with Gasteiger partial charge in [0.25, 0.3) is 0 Å². The summed E-state index contributed by atoms with van der Waals surface area (Å²) in [5.74, 6) is 1.48. The summed E-state index contributed by atoms with van der Waals surface area (Å²) in [4.78, 5) is 0. The minimum atomic E-state index is -2.10. The summed E-state index contributed by atoms with van der Waals surface area (Å²) >= 11 is 0. The van der Waals surface area contributed by atoms with Crippen LogP contribution in [0.15, 0.2) is 18.2 Å². The second kappa shape index (κ2) is 5.97. The lowest BCUT2D eigenvalue weighted by molar-refractivity contribution is 0.174. The Kier molecular flexibility index (Phi) is 3.41. The number of ether oxygens (including phenoxy) is 2. The Labute approximate surface area is 107 Å². The molecule has 3 nitrogen and oxygen atoms in total. The molecule has 4 heteroatoms. The minimum Gasteiger partial charge on any atom is -0.454 e. The van der Waals surface area contributed by atoms with Crippen LogP contribution in [0, 0.1) is 0 Å². The molecule has 1 aliphatic heterocycles. The van der Waals surface area contributed by atoms with Crippen molar-refractivity contribution in [2.75, 3.05) is 13.8 Å². The van der Waals surface area contributed by atoms with E-state index in [-0.39, 0.29) is 25.2 Å². The van der Waals surface area contributed by atoms with Crippen LogP contribution >= 0.6 is 12.4 Å². The summed E-state index contributed by atoms with van der Waals surface area (Å²) in [6.07, 6.45) is 1.42. The molecule has 0 spiro atoms. The average Bonchev–Trinajstić information content (AvgIpc) is 2.73. The summed E-state index contributed by atoms with van der Waals surface area (Å²) < 4.78 is 32.2. The standard InChI is InChI=1S/C12H17NO2.ClH/c1-3-10(13-2)6-9-4-5-11-12(7-9)15-8-14-11;/h4-5,7,10,13H,3,6,8H2,1-2H3;1H/i2D3;. The van der Waals surface area contributed by atoms with Crippen molar-refractivity contribution in [1.29, 1.82) is 0 Å². The van der Waals surface area contributed by atoms with E-state index in [0.717, 1.165) is 23.5 Å². The predicted molar refractivity (Wildman–Crippen MR) is 66.7 cm³/mol. The zero-order valence-electron chi connectivity index (χ0n) is 12.2. The highest BCUT2D eigenvalue weighted by Crippen LogP contribution is 2.32. The third-order valence-corrected chi connectivity index (χ3v) is 2.62. The van der Waals surface area contributed by atoms with Crippen LogP contribution in [0.3, 0.4) is 0 Å². The zero-order valence-corrected chi connectivity index (χ0v) is 9.97. The van der Waals surface area contributed by atoms with E-state index in [1.165, 1.54) is 0 Å². The van der Waals surface area contributed by atoms with Crippen LogP contribution in [0.25, 0.3) is 0 Å². The molecule has 0 amide bonds. The van der Waals surface area contributed by atoms with Crippen molar-refractivity contribution >= 4 is 12.4 Å². The maximum Gasteiger partial charge on any atom is 0.231 e. The van der Waals surface area contributed by atoms with Crippen molar-refractivity contribution < 1.29 is 13.6 Å². The minimum absolute atomic E-state index is 0. The maximum atomic E-state index is 7.23. The number of nitrogens with one attached hydrogen (secondary N) is 1. The maximum absolute atomic E-state index is 7.23. The monoisotopic (exact) mass is 246 g/mol. The van der Waals surface area contributed by atoms with Gasteiger partial charge in [-0.1, -0.05) is 13.0 Å². The van der Waals surface area contributed by atoms with Crippen LogP contribution in [0.4, 0.5) is 0 Å². The molecule has 0 aromatic heterocycles. The first-order valence-electron chi connectivity index (χ1n) is 6.64. The van der Waals surface area contributed by atoms with Gasteiger partial charge in [0.15, 0.2) is 11.5 Å². The van der Waals surface area contributed by atoms with Gasteiger partial charge in [0.05, 0.1) is 0 Å². The Balaban J connectivity index is 0.00000180. The van der Waals surface area contributed by atoms with Crippen molar-refractivity contribution in [1.82, 2.24) is 5.32 Å². The number of halogens is 1. The topological polar surface area (TPSA) is 30.5 Å². The van der Waals surface area contributed by atoms with Gasteiger partial charge in [-0.2, -0.15) is 0 Å². The lowest BCUT2D eigenvalue weighted by Gasteiger charge is -2.13. The fourth-order valence-electron chi connectivity index (χ4n) is 1.65. The number of benzene rings is 1. The quantitative estimate of drug-likeness (QED) is 0.885. The highest BCUT2D eigenvalue weighted by molar-refractivity contribution is 5.85. The number of fused-ring (bicyclic) bond motifs is 1. The fourth-order valence-corrected chi connectivity index (χ4v) is 1.65. The van der Waals surface area contributed by atoms with Crippen LogP contribution in [0.5, 0.6) is 11.5 Å². The molecular weight excluding hydrogens is 226 g/mol. The highest BCUT2D eigenvalue weighted by Gasteiger charge is 2.14. The average molecular weight is 247 g/mol. The summed E-state index contributed by atoms with van der Waals surface area (Å²) in [6, 6.07) is 5.64. The lowest BCUT2D eigenvalue weighted by atomic mass is 10.0. The Hall–Kier alpha value is -0.930. The highest BCUT2D eigenvalue weighted by atomic mass is 35.5. The van der Waals surface area contributed by atoms with Gasteiger partial charge in [-0.3, -0.25) is 0 Å². The second-order valence-electron chi connectivity index (χ2n) is 3.64. The Morgan fingerprint density at radius 2 is 2.25 bits per heavy atom. The van der Waals surface area contributed by atoms with Gasteiger partial charge in [0.2, 0.25) is 6.79 Å². The molecule has 0 aliphatic carbocycles. The molecular formula is C12H18ClNO2. The molecule has 16 heavy (non-hydrogen) atoms. The molecule has 0 fully saturated rings. The van der Waals surface area contributed by atoms with Gasteiger partial charge in [-0.05, 0) is 37.5 Å². The van der Waals surface area contributed by atoms with Gasteiger partial charge in [-0.15, -0.1) is 12.4 Å². The normalized spacial score (nSPS) is 17.9. The van der Waals surface area contributed by atoms with E-state index in [9.17, 15) is 0 Å². The van der Waals surface area contributed by atoms with Crippen molar-refractivity contribution in [2.45, 2.75) is 25.8 Å². The van der Waals surface area contributed by atoms with Gasteiger partial charge in [0, 0.05) is 10.2 Å². The van der Waals surface area contributed by atoms with Crippen molar-refractivity contribution in [3.05, 3.63) is 23.8 Å². The van der Waals surface area contributed by atoms with Crippen molar-refractivity contribution in [3.63, 3.8) is 0 Å². The fraction of sp³-hybridized carbons (Fsp3) is 0.500. The van der Waals surface area contributed by atoms with E-state index in [2.05, 4.69) is 5.32 Å². The number of rotatable bonds is 4.